The summed E-state index contributed by atoms with van der Waals surface area (Å²) in [5.74, 6) is -4.25. The molecule has 0 atom stereocenters. The number of anilines is 1. The van der Waals surface area contributed by atoms with Gasteiger partial charge >= 0.3 is 0 Å². The third-order valence-corrected chi connectivity index (χ3v) is 4.88. The first-order chi connectivity index (χ1) is 9.70. The van der Waals surface area contributed by atoms with Crippen molar-refractivity contribution in [3.63, 3.8) is 0 Å². The summed E-state index contributed by atoms with van der Waals surface area (Å²) in [7, 11) is -4.40. The summed E-state index contributed by atoms with van der Waals surface area (Å²) in [5, 5.41) is 0. The van der Waals surface area contributed by atoms with Crippen molar-refractivity contribution in [3.05, 3.63) is 57.8 Å². The second kappa shape index (κ2) is 5.69. The van der Waals surface area contributed by atoms with Gasteiger partial charge in [-0.2, -0.15) is 0 Å². The Labute approximate surface area is 127 Å². The first kappa shape index (κ1) is 15.8. The minimum Gasteiger partial charge on any atom is -0.399 e. The van der Waals surface area contributed by atoms with Crippen LogP contribution in [0.1, 0.15) is 5.56 Å². The molecule has 0 fully saturated rings. The molecule has 0 aromatic heterocycles. The Balaban J connectivity index is 2.51. The molecule has 0 unspecified atom stereocenters. The minimum absolute atomic E-state index is 0.194. The fourth-order valence-electron chi connectivity index (χ4n) is 1.81. The summed E-state index contributed by atoms with van der Waals surface area (Å²) in [6.07, 6.45) is 0. The molecular formula is C13H9BrF3NO2S. The highest BCUT2D eigenvalue weighted by atomic mass is 79.9. The highest BCUT2D eigenvalue weighted by molar-refractivity contribution is 9.10. The predicted molar refractivity (Wildman–Crippen MR) is 75.8 cm³/mol. The van der Waals surface area contributed by atoms with Crippen LogP contribution in [-0.2, 0) is 15.6 Å². The van der Waals surface area contributed by atoms with Crippen LogP contribution < -0.4 is 5.73 Å². The molecule has 0 amide bonds. The number of nitrogens with two attached hydrogens (primary N) is 1. The largest absolute Gasteiger partial charge is 0.399 e. The molecule has 0 bridgehead atoms. The second-order valence-corrected chi connectivity index (χ2v) is 7.15. The summed E-state index contributed by atoms with van der Waals surface area (Å²) >= 11 is 3.07. The quantitative estimate of drug-likeness (QED) is 0.831. The highest BCUT2D eigenvalue weighted by Crippen LogP contribution is 2.26. The van der Waals surface area contributed by atoms with Crippen LogP contribution in [0.15, 0.2) is 39.7 Å². The zero-order valence-electron chi connectivity index (χ0n) is 10.4. The molecule has 0 saturated heterocycles. The van der Waals surface area contributed by atoms with Crippen molar-refractivity contribution in [1.82, 2.24) is 0 Å². The lowest BCUT2D eigenvalue weighted by Crippen LogP contribution is -2.11. The Hall–Kier alpha value is -1.54. The van der Waals surface area contributed by atoms with E-state index in [2.05, 4.69) is 15.9 Å². The molecule has 0 aliphatic rings. The lowest BCUT2D eigenvalue weighted by molar-refractivity contribution is 0.519. The van der Waals surface area contributed by atoms with Crippen molar-refractivity contribution in [1.29, 1.82) is 0 Å². The molecule has 0 radical (unpaired) electrons. The molecule has 0 spiro atoms. The number of nitrogen functional groups attached to an aromatic ring is 1. The monoisotopic (exact) mass is 379 g/mol. The Morgan fingerprint density at radius 2 is 1.57 bits per heavy atom. The normalized spacial score (nSPS) is 11.6. The topological polar surface area (TPSA) is 60.2 Å². The van der Waals surface area contributed by atoms with Gasteiger partial charge in [-0.3, -0.25) is 0 Å². The summed E-state index contributed by atoms with van der Waals surface area (Å²) in [6, 6.07) is 5.08. The van der Waals surface area contributed by atoms with Gasteiger partial charge in [-0.15, -0.1) is 0 Å². The van der Waals surface area contributed by atoms with Crippen LogP contribution >= 0.6 is 15.9 Å². The predicted octanol–water partition coefficient (Wildman–Crippen LogP) is 3.42. The maximum Gasteiger partial charge on any atom is 0.188 e. The summed E-state index contributed by atoms with van der Waals surface area (Å²) < 4.78 is 65.6. The highest BCUT2D eigenvalue weighted by Gasteiger charge is 2.26. The maximum absolute atomic E-state index is 13.7. The first-order valence-electron chi connectivity index (χ1n) is 5.62. The number of benzene rings is 2. The summed E-state index contributed by atoms with van der Waals surface area (Å²) in [4.78, 5) is -1.11. The fraction of sp³-hybridized carbons (Fsp3) is 0.0769. The third-order valence-electron chi connectivity index (χ3n) is 2.68. The SMILES string of the molecule is Nc1cc(F)c(S(=O)(=O)Cc2cc(Br)ccc2F)c(F)c1. The number of sulfone groups is 1. The zero-order valence-corrected chi connectivity index (χ0v) is 12.8. The number of halogens is 4. The van der Waals surface area contributed by atoms with E-state index in [1.54, 1.807) is 0 Å². The summed E-state index contributed by atoms with van der Waals surface area (Å²) in [5.41, 5.74) is 4.79. The van der Waals surface area contributed by atoms with Crippen molar-refractivity contribution in [2.24, 2.45) is 0 Å². The fourth-order valence-corrected chi connectivity index (χ4v) is 3.70. The van der Waals surface area contributed by atoms with Gasteiger partial charge in [0.15, 0.2) is 9.84 Å². The maximum atomic E-state index is 13.7. The molecule has 112 valence electrons. The van der Waals surface area contributed by atoms with Crippen LogP contribution in [0.2, 0.25) is 0 Å². The van der Waals surface area contributed by atoms with E-state index in [0.717, 1.165) is 6.07 Å². The Kier molecular flexibility index (Phi) is 4.29. The van der Waals surface area contributed by atoms with E-state index in [4.69, 9.17) is 5.73 Å². The molecule has 3 nitrogen and oxygen atoms in total. The number of rotatable bonds is 3. The van der Waals surface area contributed by atoms with Crippen LogP contribution in [0, 0.1) is 17.5 Å². The molecule has 0 aliphatic carbocycles. The van der Waals surface area contributed by atoms with Crippen molar-refractivity contribution in [2.45, 2.75) is 10.6 Å². The van der Waals surface area contributed by atoms with Crippen LogP contribution in [0.3, 0.4) is 0 Å². The Morgan fingerprint density at radius 3 is 2.14 bits per heavy atom. The van der Waals surface area contributed by atoms with E-state index in [0.29, 0.717) is 16.6 Å². The van der Waals surface area contributed by atoms with E-state index >= 15 is 0 Å². The van der Waals surface area contributed by atoms with Gasteiger partial charge in [-0.25, -0.2) is 21.6 Å². The molecule has 0 heterocycles. The van der Waals surface area contributed by atoms with E-state index in [1.165, 1.54) is 12.1 Å². The van der Waals surface area contributed by atoms with Crippen LogP contribution in [0.4, 0.5) is 18.9 Å². The van der Waals surface area contributed by atoms with Gasteiger partial charge in [0.1, 0.15) is 22.3 Å². The molecule has 8 heteroatoms. The third kappa shape index (κ3) is 3.38. The first-order valence-corrected chi connectivity index (χ1v) is 8.06. The van der Waals surface area contributed by atoms with Crippen molar-refractivity contribution >= 4 is 31.5 Å². The Morgan fingerprint density at radius 1 is 1.00 bits per heavy atom. The van der Waals surface area contributed by atoms with Gasteiger partial charge in [0.2, 0.25) is 0 Å². The molecule has 2 N–H and O–H groups in total. The van der Waals surface area contributed by atoms with Crippen LogP contribution in [0.25, 0.3) is 0 Å². The van der Waals surface area contributed by atoms with Crippen molar-refractivity contribution in [2.75, 3.05) is 5.73 Å². The van der Waals surface area contributed by atoms with E-state index in [9.17, 15) is 21.6 Å². The van der Waals surface area contributed by atoms with Crippen LogP contribution in [-0.4, -0.2) is 8.42 Å². The summed E-state index contributed by atoms with van der Waals surface area (Å²) in [6.45, 7) is 0. The number of hydrogen-bond acceptors (Lipinski definition) is 3. The molecule has 2 aromatic rings. The lowest BCUT2D eigenvalue weighted by atomic mass is 10.2. The van der Waals surface area contributed by atoms with Gasteiger partial charge in [0, 0.05) is 15.7 Å². The molecule has 0 saturated carbocycles. The van der Waals surface area contributed by atoms with Gasteiger partial charge < -0.3 is 5.73 Å². The standard InChI is InChI=1S/C13H9BrF3NO2S/c14-8-1-2-10(15)7(3-8)6-21(19,20)13-11(16)4-9(18)5-12(13)17/h1-5H,6,18H2. The Bertz CT molecular complexity index is 786. The molecule has 0 aliphatic heterocycles. The lowest BCUT2D eigenvalue weighted by Gasteiger charge is -2.09. The van der Waals surface area contributed by atoms with E-state index in [1.807, 2.05) is 0 Å². The van der Waals surface area contributed by atoms with E-state index in [-0.39, 0.29) is 11.3 Å². The van der Waals surface area contributed by atoms with Gasteiger partial charge in [-0.05, 0) is 30.3 Å². The average Bonchev–Trinajstić information content (AvgIpc) is 2.31. The second-order valence-electron chi connectivity index (χ2n) is 4.31. The van der Waals surface area contributed by atoms with Gasteiger partial charge in [0.25, 0.3) is 0 Å². The smallest absolute Gasteiger partial charge is 0.188 e. The zero-order chi connectivity index (χ0) is 15.8. The van der Waals surface area contributed by atoms with Crippen molar-refractivity contribution < 1.29 is 21.6 Å². The van der Waals surface area contributed by atoms with Crippen molar-refractivity contribution in [3.8, 4) is 0 Å². The van der Waals surface area contributed by atoms with E-state index < -0.39 is 37.9 Å². The van der Waals surface area contributed by atoms with Gasteiger partial charge in [-0.1, -0.05) is 15.9 Å². The van der Waals surface area contributed by atoms with Gasteiger partial charge in [0.05, 0.1) is 5.75 Å². The minimum atomic E-state index is -4.40. The van der Waals surface area contributed by atoms with Crippen LogP contribution in [0.5, 0.6) is 0 Å². The molecule has 2 aromatic carbocycles. The average molecular weight is 380 g/mol. The molecule has 21 heavy (non-hydrogen) atoms. The number of hydrogen-bond donors (Lipinski definition) is 1. The molecular weight excluding hydrogens is 371 g/mol. The molecule has 2 rings (SSSR count).